The van der Waals surface area contributed by atoms with Crippen molar-refractivity contribution in [2.75, 3.05) is 6.61 Å². The molecule has 0 radical (unpaired) electrons. The molecular weight excluding hydrogens is 181 g/mol. The Morgan fingerprint density at radius 2 is 2.21 bits per heavy atom. The molecule has 0 aliphatic carbocycles. The molecule has 2 nitrogen and oxygen atoms in total. The number of unbranched alkanes of at least 4 members (excludes halogenated alkanes) is 1. The van der Waals surface area contributed by atoms with Gasteiger partial charge in [-0.15, -0.1) is 0 Å². The predicted molar refractivity (Wildman–Crippen MR) is 54.9 cm³/mol. The molecule has 1 aromatic carbocycles. The second kappa shape index (κ2) is 6.13. The van der Waals surface area contributed by atoms with Gasteiger partial charge in [0, 0.05) is 5.56 Å². The number of hydrogen-bond donors (Lipinski definition) is 0. The van der Waals surface area contributed by atoms with Crippen LogP contribution in [-0.2, 0) is 4.84 Å². The topological polar surface area (TPSA) is 21.6 Å². The quantitative estimate of drug-likeness (QED) is 0.402. The van der Waals surface area contributed by atoms with Crippen molar-refractivity contribution in [2.24, 2.45) is 5.16 Å². The molecule has 3 heteroatoms. The molecular formula is C11H14FNO. The number of nitrogens with zero attached hydrogens (tertiary/aromatic N) is 1. The minimum absolute atomic E-state index is 0.282. The van der Waals surface area contributed by atoms with Gasteiger partial charge in [0.05, 0.1) is 6.21 Å². The first-order chi connectivity index (χ1) is 6.84. The summed E-state index contributed by atoms with van der Waals surface area (Å²) in [5.74, 6) is -0.282. The van der Waals surface area contributed by atoms with Crippen molar-refractivity contribution in [2.45, 2.75) is 19.8 Å². The second-order valence-corrected chi connectivity index (χ2v) is 2.94. The molecule has 0 aliphatic heterocycles. The largest absolute Gasteiger partial charge is 0.396 e. The first-order valence-electron chi connectivity index (χ1n) is 4.74. The highest BCUT2D eigenvalue weighted by Gasteiger charge is 1.95. The zero-order valence-electron chi connectivity index (χ0n) is 8.24. The third-order valence-electron chi connectivity index (χ3n) is 1.76. The van der Waals surface area contributed by atoms with E-state index in [-0.39, 0.29) is 5.82 Å². The van der Waals surface area contributed by atoms with E-state index in [1.807, 2.05) is 0 Å². The number of benzene rings is 1. The normalized spacial score (nSPS) is 10.7. The first-order valence-corrected chi connectivity index (χ1v) is 4.74. The van der Waals surface area contributed by atoms with Crippen molar-refractivity contribution >= 4 is 6.21 Å². The van der Waals surface area contributed by atoms with Crippen molar-refractivity contribution in [3.05, 3.63) is 35.6 Å². The van der Waals surface area contributed by atoms with Crippen LogP contribution in [0.2, 0.25) is 0 Å². The zero-order chi connectivity index (χ0) is 10.2. The molecule has 0 N–H and O–H groups in total. The second-order valence-electron chi connectivity index (χ2n) is 2.94. The van der Waals surface area contributed by atoms with E-state index in [1.165, 1.54) is 12.3 Å². The molecule has 0 fully saturated rings. The summed E-state index contributed by atoms with van der Waals surface area (Å²) in [4.78, 5) is 4.94. The highest BCUT2D eigenvalue weighted by molar-refractivity contribution is 5.79. The predicted octanol–water partition coefficient (Wildman–Crippen LogP) is 2.98. The van der Waals surface area contributed by atoms with Crippen LogP contribution in [-0.4, -0.2) is 12.8 Å². The van der Waals surface area contributed by atoms with Crippen LogP contribution in [0.1, 0.15) is 25.3 Å². The van der Waals surface area contributed by atoms with Crippen LogP contribution >= 0.6 is 0 Å². The molecule has 0 saturated carbocycles. The maximum absolute atomic E-state index is 13.0. The van der Waals surface area contributed by atoms with Crippen molar-refractivity contribution in [3.8, 4) is 0 Å². The number of hydrogen-bond acceptors (Lipinski definition) is 2. The van der Waals surface area contributed by atoms with Crippen LogP contribution in [0, 0.1) is 5.82 Å². The summed E-state index contributed by atoms with van der Waals surface area (Å²) in [5.41, 5.74) is 0.448. The van der Waals surface area contributed by atoms with E-state index in [1.54, 1.807) is 18.2 Å². The lowest BCUT2D eigenvalue weighted by atomic mass is 10.2. The third-order valence-corrected chi connectivity index (χ3v) is 1.76. The maximum atomic E-state index is 13.0. The van der Waals surface area contributed by atoms with Gasteiger partial charge < -0.3 is 4.84 Å². The Hall–Kier alpha value is -1.38. The Bertz CT molecular complexity index is 299. The van der Waals surface area contributed by atoms with E-state index in [9.17, 15) is 4.39 Å². The van der Waals surface area contributed by atoms with Crippen LogP contribution in [0.4, 0.5) is 4.39 Å². The van der Waals surface area contributed by atoms with Crippen LogP contribution in [0.5, 0.6) is 0 Å². The summed E-state index contributed by atoms with van der Waals surface area (Å²) in [5, 5.41) is 3.67. The lowest BCUT2D eigenvalue weighted by Crippen LogP contribution is -1.90. The molecule has 0 unspecified atom stereocenters. The monoisotopic (exact) mass is 195 g/mol. The lowest BCUT2D eigenvalue weighted by Gasteiger charge is -1.96. The van der Waals surface area contributed by atoms with E-state index in [4.69, 9.17) is 4.84 Å². The van der Waals surface area contributed by atoms with Gasteiger partial charge in [0.15, 0.2) is 0 Å². The van der Waals surface area contributed by atoms with Crippen LogP contribution in [0.3, 0.4) is 0 Å². The van der Waals surface area contributed by atoms with Gasteiger partial charge in [-0.05, 0) is 12.5 Å². The van der Waals surface area contributed by atoms with Gasteiger partial charge in [-0.3, -0.25) is 0 Å². The molecule has 0 bridgehead atoms. The molecule has 0 aromatic heterocycles. The fourth-order valence-corrected chi connectivity index (χ4v) is 0.935. The fraction of sp³-hybridized carbons (Fsp3) is 0.364. The summed E-state index contributed by atoms with van der Waals surface area (Å²) in [6, 6.07) is 6.45. The van der Waals surface area contributed by atoms with Crippen LogP contribution in [0.15, 0.2) is 29.4 Å². The molecule has 0 atom stereocenters. The van der Waals surface area contributed by atoms with Gasteiger partial charge in [-0.25, -0.2) is 4.39 Å². The van der Waals surface area contributed by atoms with Gasteiger partial charge in [0.1, 0.15) is 12.4 Å². The third kappa shape index (κ3) is 3.56. The summed E-state index contributed by atoms with van der Waals surface area (Å²) >= 11 is 0. The summed E-state index contributed by atoms with van der Waals surface area (Å²) in [7, 11) is 0. The number of rotatable bonds is 5. The molecule has 0 saturated heterocycles. The molecule has 0 aliphatic rings. The Balaban J connectivity index is 2.40. The Morgan fingerprint density at radius 1 is 1.43 bits per heavy atom. The Kier molecular flexibility index (Phi) is 4.69. The van der Waals surface area contributed by atoms with Crippen molar-refractivity contribution in [1.29, 1.82) is 0 Å². The smallest absolute Gasteiger partial charge is 0.132 e. The average molecular weight is 195 g/mol. The molecule has 0 spiro atoms. The number of oxime groups is 1. The van der Waals surface area contributed by atoms with Crippen molar-refractivity contribution in [3.63, 3.8) is 0 Å². The highest BCUT2D eigenvalue weighted by atomic mass is 19.1. The van der Waals surface area contributed by atoms with E-state index >= 15 is 0 Å². The summed E-state index contributed by atoms with van der Waals surface area (Å²) in [6.45, 7) is 2.66. The van der Waals surface area contributed by atoms with Gasteiger partial charge in [-0.1, -0.05) is 36.7 Å². The number of halogens is 1. The molecule has 14 heavy (non-hydrogen) atoms. The van der Waals surface area contributed by atoms with Crippen LogP contribution in [0.25, 0.3) is 0 Å². The molecule has 76 valence electrons. The molecule has 1 rings (SSSR count). The molecule has 0 heterocycles. The van der Waals surface area contributed by atoms with Crippen molar-refractivity contribution < 1.29 is 9.23 Å². The SMILES string of the molecule is CCCCON=Cc1ccccc1F. The van der Waals surface area contributed by atoms with Gasteiger partial charge >= 0.3 is 0 Å². The first kappa shape index (κ1) is 10.7. The Labute approximate surface area is 83.4 Å². The van der Waals surface area contributed by atoms with E-state index in [0.29, 0.717) is 12.2 Å². The van der Waals surface area contributed by atoms with Gasteiger partial charge in [0.25, 0.3) is 0 Å². The lowest BCUT2D eigenvalue weighted by molar-refractivity contribution is 0.142. The summed E-state index contributed by atoms with van der Waals surface area (Å²) in [6.07, 6.45) is 3.43. The van der Waals surface area contributed by atoms with Gasteiger partial charge in [-0.2, -0.15) is 0 Å². The maximum Gasteiger partial charge on any atom is 0.132 e. The molecule has 1 aromatic rings. The van der Waals surface area contributed by atoms with E-state index in [2.05, 4.69) is 12.1 Å². The minimum atomic E-state index is -0.282. The molecule has 0 amide bonds. The van der Waals surface area contributed by atoms with Gasteiger partial charge in [0.2, 0.25) is 0 Å². The zero-order valence-corrected chi connectivity index (χ0v) is 8.24. The standard InChI is InChI=1S/C11H14FNO/c1-2-3-8-14-13-9-10-6-4-5-7-11(10)12/h4-7,9H,2-3,8H2,1H3. The highest BCUT2D eigenvalue weighted by Crippen LogP contribution is 2.02. The Morgan fingerprint density at radius 3 is 2.93 bits per heavy atom. The minimum Gasteiger partial charge on any atom is -0.396 e. The average Bonchev–Trinajstić information content (AvgIpc) is 2.20. The van der Waals surface area contributed by atoms with E-state index < -0.39 is 0 Å². The van der Waals surface area contributed by atoms with E-state index in [0.717, 1.165) is 12.8 Å². The van der Waals surface area contributed by atoms with Crippen molar-refractivity contribution in [1.82, 2.24) is 0 Å². The fourth-order valence-electron chi connectivity index (χ4n) is 0.935. The summed E-state index contributed by atoms with van der Waals surface area (Å²) < 4.78 is 13.0. The van der Waals surface area contributed by atoms with Crippen LogP contribution < -0.4 is 0 Å².